The van der Waals surface area contributed by atoms with E-state index in [-0.39, 0.29) is 0 Å². The smallest absolute Gasteiger partial charge is 0.176 e. The maximum atomic E-state index is 5.12. The zero-order valence-corrected chi connectivity index (χ0v) is 20.7. The van der Waals surface area contributed by atoms with Crippen molar-refractivity contribution in [2.24, 2.45) is 11.3 Å². The van der Waals surface area contributed by atoms with Crippen LogP contribution in [-0.4, -0.2) is 43.7 Å². The molecular weight excluding hydrogens is 490 g/mol. The Morgan fingerprint density at radius 2 is 1.91 bits per heavy atom. The molecule has 0 aliphatic heterocycles. The molecular formula is C26H28BrN7. The number of H-pyrrole nitrogens is 1. The molecule has 0 unspecified atom stereocenters. The van der Waals surface area contributed by atoms with Gasteiger partial charge >= 0.3 is 0 Å². The molecule has 0 bridgehead atoms. The van der Waals surface area contributed by atoms with E-state index in [1.807, 2.05) is 18.2 Å². The summed E-state index contributed by atoms with van der Waals surface area (Å²) in [5.74, 6) is 3.29. The molecule has 1 N–H and O–H groups in total. The van der Waals surface area contributed by atoms with Crippen LogP contribution >= 0.6 is 15.9 Å². The molecule has 2 aliphatic rings. The minimum atomic E-state index is 0.704. The molecule has 6 rings (SSSR count). The van der Waals surface area contributed by atoms with Crippen molar-refractivity contribution in [3.8, 4) is 11.4 Å². The van der Waals surface area contributed by atoms with Gasteiger partial charge in [-0.2, -0.15) is 5.21 Å². The van der Waals surface area contributed by atoms with Gasteiger partial charge in [0, 0.05) is 34.9 Å². The first kappa shape index (κ1) is 21.6. The molecule has 0 radical (unpaired) electrons. The van der Waals surface area contributed by atoms with Crippen LogP contribution in [0.3, 0.4) is 0 Å². The van der Waals surface area contributed by atoms with E-state index in [0.29, 0.717) is 5.41 Å². The first-order valence-electron chi connectivity index (χ1n) is 12.2. The topological polar surface area (TPSA) is 83.5 Å². The highest BCUT2D eigenvalue weighted by molar-refractivity contribution is 9.10. The molecule has 0 amide bonds. The van der Waals surface area contributed by atoms with Gasteiger partial charge in [0.2, 0.25) is 0 Å². The Kier molecular flexibility index (Phi) is 5.77. The van der Waals surface area contributed by atoms with E-state index >= 15 is 0 Å². The number of hydrogen-bond acceptors (Lipinski definition) is 6. The van der Waals surface area contributed by atoms with Crippen molar-refractivity contribution in [1.82, 2.24) is 30.6 Å². The van der Waals surface area contributed by atoms with Gasteiger partial charge in [-0.3, -0.25) is 0 Å². The average molecular weight is 518 g/mol. The number of benzene rings is 2. The largest absolute Gasteiger partial charge is 0.356 e. The highest BCUT2D eigenvalue weighted by Crippen LogP contribution is 2.59. The first-order chi connectivity index (χ1) is 16.7. The number of hydrogen-bond donors (Lipinski definition) is 1. The summed E-state index contributed by atoms with van der Waals surface area (Å²) in [6.07, 6.45) is 9.03. The summed E-state index contributed by atoms with van der Waals surface area (Å²) < 4.78 is 1.02. The van der Waals surface area contributed by atoms with Crippen LogP contribution in [0, 0.1) is 11.3 Å². The number of aromatic nitrogens is 6. The van der Waals surface area contributed by atoms with Gasteiger partial charge in [-0.25, -0.2) is 9.97 Å². The van der Waals surface area contributed by atoms with Crippen LogP contribution in [0.15, 0.2) is 53.0 Å². The van der Waals surface area contributed by atoms with E-state index in [4.69, 9.17) is 9.97 Å². The van der Waals surface area contributed by atoms with E-state index in [1.54, 1.807) is 0 Å². The van der Waals surface area contributed by atoms with Gasteiger partial charge in [-0.05, 0) is 67.7 Å². The highest BCUT2D eigenvalue weighted by atomic mass is 79.9. The molecule has 4 aromatic rings. The second-order valence-corrected chi connectivity index (χ2v) is 10.8. The fourth-order valence-corrected chi connectivity index (χ4v) is 6.10. The molecule has 1 spiro atoms. The maximum Gasteiger partial charge on any atom is 0.176 e. The van der Waals surface area contributed by atoms with Gasteiger partial charge in [0.1, 0.15) is 5.82 Å². The number of halogens is 1. The molecule has 2 aromatic carbocycles. The van der Waals surface area contributed by atoms with Gasteiger partial charge in [0.15, 0.2) is 11.6 Å². The minimum absolute atomic E-state index is 0.704. The molecule has 0 saturated heterocycles. The SMILES string of the molecule is Brc1cccc(-c2nc(N(CCc3nn[nH]n3)CCC3CC4(CCC4)C3)c3ccccc3n2)c1. The van der Waals surface area contributed by atoms with Crippen LogP contribution in [0.4, 0.5) is 5.82 Å². The van der Waals surface area contributed by atoms with Crippen LogP contribution in [0.1, 0.15) is 44.3 Å². The number of aromatic amines is 1. The molecule has 8 heteroatoms. The molecule has 7 nitrogen and oxygen atoms in total. The lowest BCUT2D eigenvalue weighted by molar-refractivity contribution is -0.0267. The Hall–Kier alpha value is -2.87. The summed E-state index contributed by atoms with van der Waals surface area (Å²) in [7, 11) is 0. The normalized spacial score (nSPS) is 17.0. The second kappa shape index (κ2) is 9.06. The van der Waals surface area contributed by atoms with Gasteiger partial charge in [0.05, 0.1) is 5.52 Å². The monoisotopic (exact) mass is 517 g/mol. The third-order valence-corrected chi connectivity index (χ3v) is 8.12. The first-order valence-corrected chi connectivity index (χ1v) is 13.0. The maximum absolute atomic E-state index is 5.12. The Labute approximate surface area is 207 Å². The lowest BCUT2D eigenvalue weighted by Gasteiger charge is -2.54. The minimum Gasteiger partial charge on any atom is -0.356 e. The van der Waals surface area contributed by atoms with Crippen LogP contribution in [-0.2, 0) is 6.42 Å². The quantitative estimate of drug-likeness (QED) is 0.327. The molecule has 174 valence electrons. The van der Waals surface area contributed by atoms with Crippen molar-refractivity contribution in [3.63, 3.8) is 0 Å². The van der Waals surface area contributed by atoms with E-state index < -0.39 is 0 Å². The van der Waals surface area contributed by atoms with E-state index in [9.17, 15) is 0 Å². The van der Waals surface area contributed by atoms with Gasteiger partial charge in [-0.1, -0.05) is 51.8 Å². The second-order valence-electron chi connectivity index (χ2n) is 9.88. The predicted octanol–water partition coefficient (Wildman–Crippen LogP) is 5.59. The predicted molar refractivity (Wildman–Crippen MR) is 136 cm³/mol. The molecule has 2 fully saturated rings. The van der Waals surface area contributed by atoms with Crippen LogP contribution < -0.4 is 4.90 Å². The average Bonchev–Trinajstić information content (AvgIpc) is 3.32. The fraction of sp³-hybridized carbons (Fsp3) is 0.423. The molecule has 2 saturated carbocycles. The summed E-state index contributed by atoms with van der Waals surface area (Å²) in [4.78, 5) is 12.4. The van der Waals surface area contributed by atoms with Crippen molar-refractivity contribution in [1.29, 1.82) is 0 Å². The zero-order valence-electron chi connectivity index (χ0n) is 19.1. The van der Waals surface area contributed by atoms with E-state index in [0.717, 1.165) is 63.8 Å². The summed E-state index contributed by atoms with van der Waals surface area (Å²) in [5.41, 5.74) is 2.67. The van der Waals surface area contributed by atoms with E-state index in [2.05, 4.69) is 71.8 Å². The van der Waals surface area contributed by atoms with Gasteiger partial charge in [0.25, 0.3) is 0 Å². The summed E-state index contributed by atoms with van der Waals surface area (Å²) in [6.45, 7) is 1.76. The fourth-order valence-electron chi connectivity index (χ4n) is 5.70. The Morgan fingerprint density at radius 1 is 1.03 bits per heavy atom. The van der Waals surface area contributed by atoms with Crippen LogP contribution in [0.25, 0.3) is 22.3 Å². The molecule has 2 aliphatic carbocycles. The Bertz CT molecular complexity index is 1280. The standard InChI is InChI=1S/C26H28BrN7/c27-20-6-3-5-19(15-20)24-28-22-8-2-1-7-21(22)25(29-24)34(14-10-23-30-32-33-31-23)13-9-18-16-26(17-18)11-4-12-26/h1-3,5-8,15,18H,4,9-14,16-17H2,(H,30,31,32,33). The number of nitrogens with zero attached hydrogens (tertiary/aromatic N) is 6. The zero-order chi connectivity index (χ0) is 23.0. The number of anilines is 1. The number of tetrazole rings is 1. The number of para-hydroxylation sites is 1. The summed E-state index contributed by atoms with van der Waals surface area (Å²) in [6, 6.07) is 16.5. The summed E-state index contributed by atoms with van der Waals surface area (Å²) >= 11 is 3.59. The van der Waals surface area contributed by atoms with Crippen LogP contribution in [0.5, 0.6) is 0 Å². The lowest BCUT2D eigenvalue weighted by atomic mass is 9.51. The summed E-state index contributed by atoms with van der Waals surface area (Å²) in [5, 5.41) is 15.7. The number of nitrogens with one attached hydrogen (secondary N) is 1. The molecule has 2 heterocycles. The van der Waals surface area contributed by atoms with Crippen molar-refractivity contribution < 1.29 is 0 Å². The van der Waals surface area contributed by atoms with Crippen molar-refractivity contribution >= 4 is 32.7 Å². The number of fused-ring (bicyclic) bond motifs is 1. The third kappa shape index (κ3) is 4.31. The molecule has 34 heavy (non-hydrogen) atoms. The van der Waals surface area contributed by atoms with Crippen LogP contribution in [0.2, 0.25) is 0 Å². The lowest BCUT2D eigenvalue weighted by Crippen LogP contribution is -2.44. The van der Waals surface area contributed by atoms with E-state index in [1.165, 1.54) is 38.5 Å². The van der Waals surface area contributed by atoms with Crippen molar-refractivity contribution in [2.45, 2.75) is 44.9 Å². The highest BCUT2D eigenvalue weighted by Gasteiger charge is 2.47. The Morgan fingerprint density at radius 3 is 2.68 bits per heavy atom. The number of rotatable bonds is 8. The third-order valence-electron chi connectivity index (χ3n) is 7.62. The van der Waals surface area contributed by atoms with Crippen molar-refractivity contribution in [2.75, 3.05) is 18.0 Å². The Balaban J connectivity index is 1.32. The molecule has 2 aromatic heterocycles. The van der Waals surface area contributed by atoms with Gasteiger partial charge in [-0.15, -0.1) is 10.2 Å². The molecule has 0 atom stereocenters. The van der Waals surface area contributed by atoms with Gasteiger partial charge < -0.3 is 4.90 Å². The van der Waals surface area contributed by atoms with Crippen molar-refractivity contribution in [3.05, 3.63) is 58.8 Å².